The van der Waals surface area contributed by atoms with Gasteiger partial charge in [-0.15, -0.1) is 0 Å². The highest BCUT2D eigenvalue weighted by molar-refractivity contribution is 5.35. The van der Waals surface area contributed by atoms with Gasteiger partial charge >= 0.3 is 0 Å². The molecule has 0 aliphatic carbocycles. The van der Waals surface area contributed by atoms with Crippen LogP contribution in [0.3, 0.4) is 0 Å². The van der Waals surface area contributed by atoms with Gasteiger partial charge in [-0.2, -0.15) is 0 Å². The molecule has 0 aliphatic rings. The molecule has 3 heteroatoms. The van der Waals surface area contributed by atoms with E-state index in [4.69, 9.17) is 4.74 Å². The molecular formula is C13H17FO2. The molecule has 0 unspecified atom stereocenters. The van der Waals surface area contributed by atoms with Gasteiger partial charge in [0.15, 0.2) is 0 Å². The van der Waals surface area contributed by atoms with Gasteiger partial charge in [-0.3, -0.25) is 0 Å². The van der Waals surface area contributed by atoms with Gasteiger partial charge in [0, 0.05) is 11.6 Å². The summed E-state index contributed by atoms with van der Waals surface area (Å²) in [4.78, 5) is 0. The van der Waals surface area contributed by atoms with Crippen molar-refractivity contribution in [3.63, 3.8) is 0 Å². The first-order valence-corrected chi connectivity index (χ1v) is 5.24. The normalized spacial score (nSPS) is 12.1. The second-order valence-corrected chi connectivity index (χ2v) is 3.95. The van der Waals surface area contributed by atoms with Crippen molar-refractivity contribution in [3.8, 4) is 5.75 Å². The van der Waals surface area contributed by atoms with Crippen LogP contribution in [0.5, 0.6) is 5.75 Å². The number of hydrogen-bond acceptors (Lipinski definition) is 2. The minimum atomic E-state index is -0.665. The third kappa shape index (κ3) is 3.66. The topological polar surface area (TPSA) is 29.5 Å². The number of hydrogen-bond donors (Lipinski definition) is 1. The van der Waals surface area contributed by atoms with Crippen LogP contribution in [0.4, 0.5) is 4.39 Å². The second kappa shape index (κ2) is 5.66. The molecule has 0 heterocycles. The Morgan fingerprint density at radius 1 is 1.50 bits per heavy atom. The molecule has 0 amide bonds. The van der Waals surface area contributed by atoms with Gasteiger partial charge in [0.2, 0.25) is 0 Å². The molecule has 0 saturated carbocycles. The molecule has 2 nitrogen and oxygen atoms in total. The lowest BCUT2D eigenvalue weighted by Crippen LogP contribution is -2.01. The Kier molecular flexibility index (Phi) is 4.50. The standard InChI is InChI=1S/C13H17FO2/c1-9(2)6-7-16-13-8-11(14)4-5-12(13)10(3)15/h4-6,8,10,15H,7H2,1-3H3/t10-/m0/s1. The minimum absolute atomic E-state index is 0.364. The molecule has 0 spiro atoms. The zero-order valence-corrected chi connectivity index (χ0v) is 9.83. The van der Waals surface area contributed by atoms with Crippen LogP contribution in [0.2, 0.25) is 0 Å². The van der Waals surface area contributed by atoms with E-state index in [1.165, 1.54) is 18.2 Å². The molecule has 1 aromatic rings. The molecule has 0 fully saturated rings. The summed E-state index contributed by atoms with van der Waals surface area (Å²) in [6.07, 6.45) is 1.23. The lowest BCUT2D eigenvalue weighted by Gasteiger charge is -2.12. The Balaban J connectivity index is 2.84. The lowest BCUT2D eigenvalue weighted by molar-refractivity contribution is 0.192. The number of allylic oxidation sites excluding steroid dienone is 1. The van der Waals surface area contributed by atoms with Crippen LogP contribution in [-0.4, -0.2) is 11.7 Å². The average molecular weight is 224 g/mol. The summed E-state index contributed by atoms with van der Waals surface area (Å²) >= 11 is 0. The molecule has 0 saturated heterocycles. The van der Waals surface area contributed by atoms with E-state index in [0.29, 0.717) is 17.9 Å². The molecule has 0 bridgehead atoms. The van der Waals surface area contributed by atoms with Gasteiger partial charge in [0.1, 0.15) is 18.2 Å². The average Bonchev–Trinajstić information content (AvgIpc) is 2.16. The minimum Gasteiger partial charge on any atom is -0.489 e. The first-order chi connectivity index (χ1) is 7.50. The van der Waals surface area contributed by atoms with E-state index in [1.807, 2.05) is 19.9 Å². The Morgan fingerprint density at radius 3 is 2.75 bits per heavy atom. The van der Waals surface area contributed by atoms with Crippen molar-refractivity contribution >= 4 is 0 Å². The predicted octanol–water partition coefficient (Wildman–Crippen LogP) is 3.22. The summed E-state index contributed by atoms with van der Waals surface area (Å²) in [6, 6.07) is 4.15. The first-order valence-electron chi connectivity index (χ1n) is 5.24. The molecule has 1 aromatic carbocycles. The van der Waals surface area contributed by atoms with Crippen LogP contribution >= 0.6 is 0 Å². The first kappa shape index (κ1) is 12.7. The Bertz CT molecular complexity index is 380. The molecule has 0 radical (unpaired) electrons. The van der Waals surface area contributed by atoms with Crippen LogP contribution in [0.25, 0.3) is 0 Å². The lowest BCUT2D eigenvalue weighted by atomic mass is 10.1. The Morgan fingerprint density at radius 2 is 2.19 bits per heavy atom. The van der Waals surface area contributed by atoms with Crippen molar-refractivity contribution in [1.82, 2.24) is 0 Å². The van der Waals surface area contributed by atoms with E-state index in [9.17, 15) is 9.50 Å². The van der Waals surface area contributed by atoms with Crippen LogP contribution < -0.4 is 4.74 Å². The molecular weight excluding hydrogens is 207 g/mol. The summed E-state index contributed by atoms with van der Waals surface area (Å²) in [5, 5.41) is 9.49. The zero-order valence-electron chi connectivity index (χ0n) is 9.83. The highest BCUT2D eigenvalue weighted by atomic mass is 19.1. The number of aliphatic hydroxyl groups is 1. The maximum Gasteiger partial charge on any atom is 0.128 e. The number of benzene rings is 1. The van der Waals surface area contributed by atoms with Crippen molar-refractivity contribution in [2.24, 2.45) is 0 Å². The van der Waals surface area contributed by atoms with Gasteiger partial charge in [0.05, 0.1) is 6.10 Å². The van der Waals surface area contributed by atoms with E-state index in [0.717, 1.165) is 5.57 Å². The maximum atomic E-state index is 13.0. The summed E-state index contributed by atoms with van der Waals surface area (Å²) in [5.74, 6) is 0.0316. The number of rotatable bonds is 4. The van der Waals surface area contributed by atoms with Crippen LogP contribution in [0, 0.1) is 5.82 Å². The SMILES string of the molecule is CC(C)=CCOc1cc(F)ccc1[C@H](C)O. The van der Waals surface area contributed by atoms with E-state index in [1.54, 1.807) is 6.92 Å². The third-order valence-electron chi connectivity index (χ3n) is 2.16. The summed E-state index contributed by atoms with van der Waals surface area (Å²) in [7, 11) is 0. The van der Waals surface area contributed by atoms with E-state index < -0.39 is 6.10 Å². The van der Waals surface area contributed by atoms with Crippen molar-refractivity contribution < 1.29 is 14.2 Å². The fraction of sp³-hybridized carbons (Fsp3) is 0.385. The summed E-state index contributed by atoms with van der Waals surface area (Å²) in [5.41, 5.74) is 1.73. The van der Waals surface area contributed by atoms with Crippen LogP contribution in [0.15, 0.2) is 29.8 Å². The Labute approximate surface area is 95.4 Å². The maximum absolute atomic E-state index is 13.0. The monoisotopic (exact) mass is 224 g/mol. The highest BCUT2D eigenvalue weighted by Gasteiger charge is 2.09. The van der Waals surface area contributed by atoms with E-state index in [-0.39, 0.29) is 5.82 Å². The van der Waals surface area contributed by atoms with Crippen molar-refractivity contribution in [3.05, 3.63) is 41.2 Å². The zero-order chi connectivity index (χ0) is 12.1. The predicted molar refractivity (Wildman–Crippen MR) is 62.0 cm³/mol. The van der Waals surface area contributed by atoms with Gasteiger partial charge in [0.25, 0.3) is 0 Å². The largest absolute Gasteiger partial charge is 0.489 e. The number of halogens is 1. The smallest absolute Gasteiger partial charge is 0.128 e. The Hall–Kier alpha value is -1.35. The summed E-state index contributed by atoms with van der Waals surface area (Å²) < 4.78 is 18.4. The second-order valence-electron chi connectivity index (χ2n) is 3.95. The fourth-order valence-electron chi connectivity index (χ4n) is 1.28. The van der Waals surface area contributed by atoms with Gasteiger partial charge in [-0.05, 0) is 39.0 Å². The highest BCUT2D eigenvalue weighted by Crippen LogP contribution is 2.25. The summed E-state index contributed by atoms with van der Waals surface area (Å²) in [6.45, 7) is 5.93. The van der Waals surface area contributed by atoms with E-state index >= 15 is 0 Å². The van der Waals surface area contributed by atoms with Gasteiger partial charge in [-0.25, -0.2) is 4.39 Å². The quantitative estimate of drug-likeness (QED) is 0.796. The van der Waals surface area contributed by atoms with E-state index in [2.05, 4.69) is 0 Å². The van der Waals surface area contributed by atoms with Gasteiger partial charge in [-0.1, -0.05) is 5.57 Å². The van der Waals surface area contributed by atoms with Crippen molar-refractivity contribution in [2.75, 3.05) is 6.61 Å². The molecule has 1 N–H and O–H groups in total. The molecule has 0 aromatic heterocycles. The van der Waals surface area contributed by atoms with Gasteiger partial charge < -0.3 is 9.84 Å². The van der Waals surface area contributed by atoms with Crippen molar-refractivity contribution in [1.29, 1.82) is 0 Å². The molecule has 16 heavy (non-hydrogen) atoms. The molecule has 1 rings (SSSR count). The molecule has 0 aliphatic heterocycles. The van der Waals surface area contributed by atoms with Crippen LogP contribution in [0.1, 0.15) is 32.4 Å². The van der Waals surface area contributed by atoms with Crippen molar-refractivity contribution in [2.45, 2.75) is 26.9 Å². The number of ether oxygens (including phenoxy) is 1. The molecule has 1 atom stereocenters. The fourth-order valence-corrected chi connectivity index (χ4v) is 1.28. The molecule has 88 valence electrons. The van der Waals surface area contributed by atoms with Crippen LogP contribution in [-0.2, 0) is 0 Å². The third-order valence-corrected chi connectivity index (χ3v) is 2.16. The number of aliphatic hydroxyl groups excluding tert-OH is 1.